The first-order chi connectivity index (χ1) is 13.5. The third kappa shape index (κ3) is 7.25. The van der Waals surface area contributed by atoms with Crippen LogP contribution in [0.5, 0.6) is 0 Å². The molecule has 7 heteroatoms. The van der Waals surface area contributed by atoms with Gasteiger partial charge in [-0.15, -0.1) is 0 Å². The molecule has 6 heterocycles. The van der Waals surface area contributed by atoms with E-state index in [-0.39, 0.29) is 6.16 Å². The summed E-state index contributed by atoms with van der Waals surface area (Å²) in [5.74, 6) is 6.86. The zero-order valence-corrected chi connectivity index (χ0v) is 17.8. The third-order valence-corrected chi connectivity index (χ3v) is 7.61. The van der Waals surface area contributed by atoms with E-state index < -0.39 is 7.60 Å². The molecule has 0 amide bonds. The largest absolute Gasteiger partial charge is 0.348 e. The minimum absolute atomic E-state index is 0.0513. The molecule has 0 radical (unpaired) electrons. The predicted molar refractivity (Wildman–Crippen MR) is 113 cm³/mol. The summed E-state index contributed by atoms with van der Waals surface area (Å²) >= 11 is 0. The Balaban J connectivity index is 0.000000124. The Morgan fingerprint density at radius 1 is 0.857 bits per heavy atom. The average Bonchev–Trinajstić information content (AvgIpc) is 2.78. The normalized spacial score (nSPS) is 32.4. The molecule has 3 N–H and O–H groups in total. The Morgan fingerprint density at radius 2 is 1.25 bits per heavy atom. The van der Waals surface area contributed by atoms with Gasteiger partial charge in [0.15, 0.2) is 0 Å². The summed E-state index contributed by atoms with van der Waals surface area (Å²) in [4.78, 5) is 14.2. The number of benzene rings is 1. The fourth-order valence-corrected chi connectivity index (χ4v) is 5.33. The van der Waals surface area contributed by atoms with Crippen LogP contribution in [0.15, 0.2) is 30.3 Å². The predicted octanol–water partition coefficient (Wildman–Crippen LogP) is 3.47. The summed E-state index contributed by atoms with van der Waals surface area (Å²) in [5.41, 5.74) is 0.730. The van der Waals surface area contributed by atoms with Crippen molar-refractivity contribution >= 4 is 7.60 Å². The molecule has 0 spiro atoms. The van der Waals surface area contributed by atoms with Crippen molar-refractivity contribution in [1.29, 1.82) is 0 Å². The summed E-state index contributed by atoms with van der Waals surface area (Å²) in [6.45, 7) is 8.36. The average molecular weight is 410 g/mol. The molecule has 6 aliphatic rings. The first-order valence-electron chi connectivity index (χ1n) is 10.7. The lowest BCUT2D eigenvalue weighted by Gasteiger charge is -2.38. The highest BCUT2D eigenvalue weighted by molar-refractivity contribution is 7.51. The Bertz CT molecular complexity index is 545. The van der Waals surface area contributed by atoms with Gasteiger partial charge in [-0.25, -0.2) is 10.5 Å². The molecule has 0 aromatic heterocycles. The topological polar surface area (TPSA) is 79.0 Å². The van der Waals surface area contributed by atoms with Crippen molar-refractivity contribution in [3.63, 3.8) is 0 Å². The number of rotatable bonds is 3. The molecule has 0 saturated carbocycles. The molecule has 1 aromatic rings. The minimum atomic E-state index is -3.62. The van der Waals surface area contributed by atoms with Crippen molar-refractivity contribution in [2.45, 2.75) is 44.7 Å². The highest BCUT2D eigenvalue weighted by atomic mass is 31.2. The monoisotopic (exact) mass is 409 g/mol. The second-order valence-corrected chi connectivity index (χ2v) is 10.3. The Labute approximate surface area is 169 Å². The summed E-state index contributed by atoms with van der Waals surface area (Å²) in [6, 6.07) is 8.87. The molecule has 158 valence electrons. The van der Waals surface area contributed by atoms with Gasteiger partial charge in [0.25, 0.3) is 0 Å². The second kappa shape index (κ2) is 10.9. The van der Waals surface area contributed by atoms with Gasteiger partial charge in [-0.05, 0) is 95.2 Å². The van der Waals surface area contributed by atoms with E-state index in [1.54, 1.807) is 24.3 Å². The minimum Gasteiger partial charge on any atom is -0.323 e. The number of nitrogens with two attached hydrogens (primary N) is 1. The van der Waals surface area contributed by atoms with Gasteiger partial charge in [-0.3, -0.25) is 4.57 Å². The first-order valence-corrected chi connectivity index (χ1v) is 12.5. The fraction of sp³-hybridized carbons (Fsp3) is 0.714. The van der Waals surface area contributed by atoms with Crippen molar-refractivity contribution in [2.75, 3.05) is 39.3 Å². The van der Waals surface area contributed by atoms with Gasteiger partial charge in [0.05, 0.1) is 6.16 Å². The van der Waals surface area contributed by atoms with Crippen molar-refractivity contribution in [1.82, 2.24) is 9.80 Å². The summed E-state index contributed by atoms with van der Waals surface area (Å²) < 4.78 is 14.9. The van der Waals surface area contributed by atoms with Crippen LogP contribution in [0.1, 0.15) is 44.1 Å². The molecule has 6 aliphatic heterocycles. The van der Waals surface area contributed by atoms with Gasteiger partial charge in [0, 0.05) is 0 Å². The van der Waals surface area contributed by atoms with Crippen LogP contribution in [-0.2, 0) is 15.4 Å². The number of hydrogen-bond donors (Lipinski definition) is 2. The van der Waals surface area contributed by atoms with E-state index in [9.17, 15) is 4.57 Å². The number of hydrogen-bond acceptors (Lipinski definition) is 5. The molecule has 0 aliphatic carbocycles. The van der Waals surface area contributed by atoms with Crippen LogP contribution in [0.25, 0.3) is 0 Å². The molecular formula is C21H36N3O3P. The molecule has 6 fully saturated rings. The molecule has 1 unspecified atom stereocenters. The van der Waals surface area contributed by atoms with E-state index in [4.69, 9.17) is 4.89 Å². The third-order valence-electron chi connectivity index (χ3n) is 6.51. The first kappa shape index (κ1) is 21.9. The molecule has 28 heavy (non-hydrogen) atoms. The van der Waals surface area contributed by atoms with E-state index in [1.807, 2.05) is 6.07 Å². The van der Waals surface area contributed by atoms with Gasteiger partial charge < -0.3 is 14.7 Å². The molecular weight excluding hydrogens is 373 g/mol. The lowest BCUT2D eigenvalue weighted by Crippen LogP contribution is -2.41. The SMILES string of the molecule is C1CN2CCC1CC2.C1CN2CCC1CC2.NOP(=O)(O)Cc1ccccc1. The van der Waals surface area contributed by atoms with Gasteiger partial charge in [0.2, 0.25) is 0 Å². The van der Waals surface area contributed by atoms with E-state index in [2.05, 4.69) is 20.3 Å². The van der Waals surface area contributed by atoms with E-state index >= 15 is 0 Å². The maximum absolute atomic E-state index is 11.0. The van der Waals surface area contributed by atoms with E-state index in [1.165, 1.54) is 77.8 Å². The molecule has 1 aromatic carbocycles. The Morgan fingerprint density at radius 3 is 1.50 bits per heavy atom. The van der Waals surface area contributed by atoms with Gasteiger partial charge in [-0.2, -0.15) is 0 Å². The van der Waals surface area contributed by atoms with Crippen LogP contribution in [-0.4, -0.2) is 54.0 Å². The molecule has 6 saturated heterocycles. The molecule has 1 atom stereocenters. The fourth-order valence-electron chi connectivity index (χ4n) is 4.58. The smallest absolute Gasteiger partial charge is 0.323 e. The van der Waals surface area contributed by atoms with Gasteiger partial charge >= 0.3 is 7.60 Å². The highest BCUT2D eigenvalue weighted by Gasteiger charge is 2.25. The quantitative estimate of drug-likeness (QED) is 0.588. The Hall–Kier alpha value is -0.750. The van der Waals surface area contributed by atoms with Crippen LogP contribution in [0, 0.1) is 11.8 Å². The molecule has 4 bridgehead atoms. The van der Waals surface area contributed by atoms with Gasteiger partial charge in [-0.1, -0.05) is 30.3 Å². The van der Waals surface area contributed by atoms with Crippen LogP contribution >= 0.6 is 7.60 Å². The number of fused-ring (bicyclic) bond motifs is 6. The van der Waals surface area contributed by atoms with Crippen molar-refractivity contribution in [2.24, 2.45) is 17.7 Å². The second-order valence-electron chi connectivity index (χ2n) is 8.53. The zero-order valence-electron chi connectivity index (χ0n) is 16.9. The Kier molecular flexibility index (Phi) is 8.52. The number of nitrogens with zero attached hydrogens (tertiary/aromatic N) is 2. The highest BCUT2D eigenvalue weighted by Crippen LogP contribution is 2.43. The summed E-state index contributed by atoms with van der Waals surface area (Å²) in [7, 11) is -3.62. The van der Waals surface area contributed by atoms with Crippen molar-refractivity contribution in [3.05, 3.63) is 35.9 Å². The lowest BCUT2D eigenvalue weighted by molar-refractivity contribution is 0.111. The van der Waals surface area contributed by atoms with Crippen LogP contribution in [0.2, 0.25) is 0 Å². The van der Waals surface area contributed by atoms with E-state index in [0.717, 1.165) is 17.4 Å². The van der Waals surface area contributed by atoms with Crippen molar-refractivity contribution in [3.8, 4) is 0 Å². The van der Waals surface area contributed by atoms with Crippen LogP contribution in [0.4, 0.5) is 0 Å². The zero-order chi connectivity index (χ0) is 19.8. The van der Waals surface area contributed by atoms with Crippen molar-refractivity contribution < 1.29 is 14.1 Å². The van der Waals surface area contributed by atoms with Gasteiger partial charge in [0.1, 0.15) is 0 Å². The summed E-state index contributed by atoms with van der Waals surface area (Å²) in [5, 5.41) is 0. The van der Waals surface area contributed by atoms with E-state index in [0.29, 0.717) is 0 Å². The molecule has 6 nitrogen and oxygen atoms in total. The van der Waals surface area contributed by atoms with Crippen LogP contribution < -0.4 is 5.90 Å². The maximum atomic E-state index is 11.0. The standard InChI is InChI=1S/C7H10NO3P.2C7H13N/c8-11-12(9,10)6-7-4-2-1-3-5-7;2*1-4-8-5-2-7(1)3-6-8/h1-5H,6,8H2,(H,9,10);2*7H,1-6H2. The summed E-state index contributed by atoms with van der Waals surface area (Å²) in [6.07, 6.45) is 8.87. The van der Waals surface area contributed by atoms with Crippen LogP contribution in [0.3, 0.4) is 0 Å². The lowest BCUT2D eigenvalue weighted by atomic mass is 9.89. The maximum Gasteiger partial charge on any atom is 0.348 e. The number of piperidine rings is 6. The molecule has 7 rings (SSSR count).